The van der Waals surface area contributed by atoms with Crippen LogP contribution in [0.15, 0.2) is 24.3 Å². The molecule has 1 atom stereocenters. The van der Waals surface area contributed by atoms with Crippen molar-refractivity contribution in [3.63, 3.8) is 0 Å². The SMILES string of the molecule is CCn1nc(C)c(Cl)c1CNC(C)c1ccccc1C. The summed E-state index contributed by atoms with van der Waals surface area (Å²) in [5.74, 6) is 0. The predicted molar refractivity (Wildman–Crippen MR) is 84.1 cm³/mol. The first kappa shape index (κ1) is 15.1. The van der Waals surface area contributed by atoms with Crippen molar-refractivity contribution in [1.29, 1.82) is 0 Å². The first-order chi connectivity index (χ1) is 9.54. The number of nitrogens with zero attached hydrogens (tertiary/aromatic N) is 2. The van der Waals surface area contributed by atoms with Gasteiger partial charge in [0.2, 0.25) is 0 Å². The van der Waals surface area contributed by atoms with Crippen molar-refractivity contribution in [1.82, 2.24) is 15.1 Å². The normalized spacial score (nSPS) is 12.7. The van der Waals surface area contributed by atoms with E-state index in [1.807, 2.05) is 11.6 Å². The Morgan fingerprint density at radius 1 is 1.30 bits per heavy atom. The molecule has 1 N–H and O–H groups in total. The third-order valence-electron chi connectivity index (χ3n) is 3.68. The summed E-state index contributed by atoms with van der Waals surface area (Å²) >= 11 is 6.33. The van der Waals surface area contributed by atoms with E-state index in [1.165, 1.54) is 11.1 Å². The van der Waals surface area contributed by atoms with Gasteiger partial charge in [-0.25, -0.2) is 0 Å². The van der Waals surface area contributed by atoms with Crippen LogP contribution in [0.5, 0.6) is 0 Å². The summed E-state index contributed by atoms with van der Waals surface area (Å²) in [7, 11) is 0. The molecule has 3 nitrogen and oxygen atoms in total. The van der Waals surface area contributed by atoms with Crippen LogP contribution in [0.25, 0.3) is 0 Å². The number of rotatable bonds is 5. The first-order valence-electron chi connectivity index (χ1n) is 7.05. The molecule has 4 heteroatoms. The highest BCUT2D eigenvalue weighted by molar-refractivity contribution is 6.31. The van der Waals surface area contributed by atoms with Crippen LogP contribution in [0.4, 0.5) is 0 Å². The molecule has 1 aromatic heterocycles. The Morgan fingerprint density at radius 2 is 2.00 bits per heavy atom. The van der Waals surface area contributed by atoms with E-state index in [9.17, 15) is 0 Å². The van der Waals surface area contributed by atoms with Crippen molar-refractivity contribution < 1.29 is 0 Å². The maximum Gasteiger partial charge on any atom is 0.0860 e. The van der Waals surface area contributed by atoms with Gasteiger partial charge in [-0.3, -0.25) is 4.68 Å². The Kier molecular flexibility index (Phi) is 4.84. The van der Waals surface area contributed by atoms with Gasteiger partial charge in [-0.05, 0) is 38.8 Å². The number of hydrogen-bond donors (Lipinski definition) is 1. The van der Waals surface area contributed by atoms with Crippen LogP contribution in [-0.4, -0.2) is 9.78 Å². The average molecular weight is 292 g/mol. The standard InChI is InChI=1S/C16H22ClN3/c1-5-20-15(16(17)13(4)19-20)10-18-12(3)14-9-7-6-8-11(14)2/h6-9,12,18H,5,10H2,1-4H3. The molecule has 0 aliphatic carbocycles. The van der Waals surface area contributed by atoms with Crippen LogP contribution in [0.2, 0.25) is 5.02 Å². The monoisotopic (exact) mass is 291 g/mol. The largest absolute Gasteiger partial charge is 0.305 e. The van der Waals surface area contributed by atoms with Crippen LogP contribution < -0.4 is 5.32 Å². The molecule has 0 saturated heterocycles. The van der Waals surface area contributed by atoms with E-state index in [0.29, 0.717) is 0 Å². The van der Waals surface area contributed by atoms with Gasteiger partial charge in [-0.2, -0.15) is 5.10 Å². The summed E-state index contributed by atoms with van der Waals surface area (Å²) < 4.78 is 1.97. The van der Waals surface area contributed by atoms with E-state index in [1.54, 1.807) is 0 Å². The summed E-state index contributed by atoms with van der Waals surface area (Å²) in [6.07, 6.45) is 0. The van der Waals surface area contributed by atoms with Crippen LogP contribution in [0.1, 0.15) is 42.4 Å². The Balaban J connectivity index is 2.11. The summed E-state index contributed by atoms with van der Waals surface area (Å²) in [6, 6.07) is 8.73. The van der Waals surface area contributed by atoms with E-state index in [-0.39, 0.29) is 6.04 Å². The van der Waals surface area contributed by atoms with Gasteiger partial charge in [-0.1, -0.05) is 35.9 Å². The summed E-state index contributed by atoms with van der Waals surface area (Å²) in [5, 5.41) is 8.76. The van der Waals surface area contributed by atoms with Gasteiger partial charge in [-0.15, -0.1) is 0 Å². The highest BCUT2D eigenvalue weighted by Crippen LogP contribution is 2.22. The highest BCUT2D eigenvalue weighted by Gasteiger charge is 2.14. The lowest BCUT2D eigenvalue weighted by Crippen LogP contribution is -2.21. The van der Waals surface area contributed by atoms with Crippen molar-refractivity contribution in [2.75, 3.05) is 0 Å². The quantitative estimate of drug-likeness (QED) is 0.901. The molecule has 108 valence electrons. The molecule has 0 spiro atoms. The Labute approximate surface area is 126 Å². The van der Waals surface area contributed by atoms with E-state index in [4.69, 9.17) is 11.6 Å². The van der Waals surface area contributed by atoms with Gasteiger partial charge < -0.3 is 5.32 Å². The molecule has 0 saturated carbocycles. The predicted octanol–water partition coefficient (Wildman–Crippen LogP) is 4.02. The van der Waals surface area contributed by atoms with Crippen molar-refractivity contribution in [3.05, 3.63) is 51.8 Å². The van der Waals surface area contributed by atoms with Gasteiger partial charge in [0, 0.05) is 19.1 Å². The molecule has 20 heavy (non-hydrogen) atoms. The first-order valence-corrected chi connectivity index (χ1v) is 7.43. The molecule has 1 heterocycles. The fourth-order valence-electron chi connectivity index (χ4n) is 2.47. The third kappa shape index (κ3) is 3.05. The third-order valence-corrected chi connectivity index (χ3v) is 4.18. The van der Waals surface area contributed by atoms with Gasteiger partial charge in [0.25, 0.3) is 0 Å². The number of aryl methyl sites for hydroxylation is 3. The maximum absolute atomic E-state index is 6.33. The minimum atomic E-state index is 0.285. The lowest BCUT2D eigenvalue weighted by molar-refractivity contribution is 0.529. The molecular formula is C16H22ClN3. The lowest BCUT2D eigenvalue weighted by atomic mass is 10.0. The number of aromatic nitrogens is 2. The Hall–Kier alpha value is -1.32. The zero-order valence-electron chi connectivity index (χ0n) is 12.6. The number of nitrogens with one attached hydrogen (secondary N) is 1. The van der Waals surface area contributed by atoms with E-state index >= 15 is 0 Å². The van der Waals surface area contributed by atoms with Gasteiger partial charge in [0.1, 0.15) is 0 Å². The molecule has 0 aliphatic rings. The van der Waals surface area contributed by atoms with Gasteiger partial charge in [0.15, 0.2) is 0 Å². The lowest BCUT2D eigenvalue weighted by Gasteiger charge is -2.17. The molecule has 0 bridgehead atoms. The summed E-state index contributed by atoms with van der Waals surface area (Å²) in [4.78, 5) is 0. The van der Waals surface area contributed by atoms with Crippen LogP contribution in [0, 0.1) is 13.8 Å². The maximum atomic E-state index is 6.33. The molecule has 0 fully saturated rings. The molecule has 2 aromatic rings. The topological polar surface area (TPSA) is 29.9 Å². The van der Waals surface area contributed by atoms with E-state index in [2.05, 4.69) is 55.5 Å². The van der Waals surface area contributed by atoms with Crippen molar-refractivity contribution in [2.45, 2.75) is 46.8 Å². The van der Waals surface area contributed by atoms with E-state index in [0.717, 1.165) is 29.5 Å². The summed E-state index contributed by atoms with van der Waals surface area (Å²) in [5.41, 5.74) is 4.59. The zero-order chi connectivity index (χ0) is 14.7. The molecule has 1 aromatic carbocycles. The molecule has 1 unspecified atom stereocenters. The highest BCUT2D eigenvalue weighted by atomic mass is 35.5. The second-order valence-electron chi connectivity index (χ2n) is 5.12. The summed E-state index contributed by atoms with van der Waals surface area (Å²) in [6.45, 7) is 9.91. The number of halogens is 1. The Morgan fingerprint density at radius 3 is 2.65 bits per heavy atom. The second-order valence-corrected chi connectivity index (χ2v) is 5.50. The fraction of sp³-hybridized carbons (Fsp3) is 0.438. The van der Waals surface area contributed by atoms with Gasteiger partial charge >= 0.3 is 0 Å². The average Bonchev–Trinajstić information content (AvgIpc) is 2.72. The second kappa shape index (κ2) is 6.42. The molecule has 0 radical (unpaired) electrons. The molecule has 0 aliphatic heterocycles. The molecular weight excluding hydrogens is 270 g/mol. The van der Waals surface area contributed by atoms with Crippen molar-refractivity contribution >= 4 is 11.6 Å². The van der Waals surface area contributed by atoms with E-state index < -0.39 is 0 Å². The molecule has 0 amide bonds. The zero-order valence-corrected chi connectivity index (χ0v) is 13.3. The van der Waals surface area contributed by atoms with Crippen LogP contribution in [0.3, 0.4) is 0 Å². The molecule has 2 rings (SSSR count). The van der Waals surface area contributed by atoms with Crippen molar-refractivity contribution in [3.8, 4) is 0 Å². The number of hydrogen-bond acceptors (Lipinski definition) is 2. The van der Waals surface area contributed by atoms with Gasteiger partial charge in [0.05, 0.1) is 16.4 Å². The van der Waals surface area contributed by atoms with Crippen molar-refractivity contribution in [2.24, 2.45) is 0 Å². The minimum absolute atomic E-state index is 0.285. The smallest absolute Gasteiger partial charge is 0.0860 e. The minimum Gasteiger partial charge on any atom is -0.305 e. The number of benzene rings is 1. The fourth-order valence-corrected chi connectivity index (χ4v) is 2.67. The van der Waals surface area contributed by atoms with Crippen LogP contribution >= 0.6 is 11.6 Å². The van der Waals surface area contributed by atoms with Crippen LogP contribution in [-0.2, 0) is 13.1 Å². The Bertz CT molecular complexity index is 589.